The minimum atomic E-state index is -3.86. The summed E-state index contributed by atoms with van der Waals surface area (Å²) in [6.07, 6.45) is 1.56. The van der Waals surface area contributed by atoms with Crippen molar-refractivity contribution in [2.45, 2.75) is 30.4 Å². The number of hydrogen-bond donors (Lipinski definition) is 2. The Labute approximate surface area is 166 Å². The second kappa shape index (κ2) is 8.17. The fourth-order valence-corrected chi connectivity index (χ4v) is 4.19. The van der Waals surface area contributed by atoms with E-state index in [0.717, 1.165) is 0 Å². The summed E-state index contributed by atoms with van der Waals surface area (Å²) in [5, 5.41) is 16.7. The topological polar surface area (TPSA) is 133 Å². The predicted octanol–water partition coefficient (Wildman–Crippen LogP) is 2.24. The molecule has 0 aliphatic rings. The van der Waals surface area contributed by atoms with Crippen LogP contribution in [0.2, 0.25) is 0 Å². The molecule has 1 amide bonds. The van der Waals surface area contributed by atoms with Crippen LogP contribution in [0.25, 0.3) is 11.6 Å². The number of amides is 1. The lowest BCUT2D eigenvalue weighted by atomic mass is 10.2. The molecule has 11 heteroatoms. The molecule has 9 nitrogen and oxygen atoms in total. The van der Waals surface area contributed by atoms with Crippen molar-refractivity contribution in [3.8, 4) is 11.6 Å². The number of aryl methyl sites for hydroxylation is 1. The number of hydrogen-bond acceptors (Lipinski definition) is 7. The summed E-state index contributed by atoms with van der Waals surface area (Å²) in [7, 11) is -3.86. The Morgan fingerprint density at radius 1 is 1.32 bits per heavy atom. The lowest BCUT2D eigenvalue weighted by Crippen LogP contribution is -2.17. The van der Waals surface area contributed by atoms with Gasteiger partial charge in [0.25, 0.3) is 0 Å². The molecule has 1 aromatic carbocycles. The van der Waals surface area contributed by atoms with Crippen LogP contribution in [-0.2, 0) is 21.4 Å². The van der Waals surface area contributed by atoms with E-state index >= 15 is 0 Å². The molecule has 2 aromatic heterocycles. The molecule has 148 valence electrons. The van der Waals surface area contributed by atoms with E-state index in [1.54, 1.807) is 37.5 Å². The van der Waals surface area contributed by atoms with Gasteiger partial charge in [0.05, 0.1) is 16.9 Å². The minimum Gasteiger partial charge on any atom is -0.461 e. The van der Waals surface area contributed by atoms with Crippen LogP contribution in [0.3, 0.4) is 0 Å². The van der Waals surface area contributed by atoms with Crippen molar-refractivity contribution in [1.29, 1.82) is 0 Å². The highest BCUT2D eigenvalue weighted by atomic mass is 32.2. The number of carbonyl (C=O) groups excluding carboxylic acids is 1. The molecule has 0 aliphatic carbocycles. The molecule has 3 aromatic rings. The third-order valence-corrected chi connectivity index (χ3v) is 5.91. The van der Waals surface area contributed by atoms with E-state index in [0.29, 0.717) is 34.5 Å². The van der Waals surface area contributed by atoms with E-state index in [1.165, 1.54) is 17.8 Å². The van der Waals surface area contributed by atoms with Gasteiger partial charge in [-0.05, 0) is 43.7 Å². The Hall–Kier alpha value is -2.63. The van der Waals surface area contributed by atoms with E-state index in [9.17, 15) is 13.2 Å². The monoisotopic (exact) mass is 421 g/mol. The summed E-state index contributed by atoms with van der Waals surface area (Å²) in [5.41, 5.74) is 0.866. The highest BCUT2D eigenvalue weighted by molar-refractivity contribution is 7.99. The molecule has 0 fully saturated rings. The Morgan fingerprint density at radius 3 is 2.75 bits per heavy atom. The quantitative estimate of drug-likeness (QED) is 0.559. The van der Waals surface area contributed by atoms with Crippen LogP contribution >= 0.6 is 11.8 Å². The number of benzene rings is 1. The van der Waals surface area contributed by atoms with Gasteiger partial charge in [0.1, 0.15) is 0 Å². The number of nitrogens with two attached hydrogens (primary N) is 1. The van der Waals surface area contributed by atoms with Gasteiger partial charge in [-0.25, -0.2) is 13.6 Å². The van der Waals surface area contributed by atoms with Crippen molar-refractivity contribution in [2.75, 3.05) is 11.1 Å². The first-order valence-corrected chi connectivity index (χ1v) is 10.9. The van der Waals surface area contributed by atoms with Gasteiger partial charge >= 0.3 is 0 Å². The zero-order chi connectivity index (χ0) is 20.3. The summed E-state index contributed by atoms with van der Waals surface area (Å²) in [6.45, 7) is 4.19. The number of rotatable bonds is 7. The Balaban J connectivity index is 1.69. The summed E-state index contributed by atoms with van der Waals surface area (Å²) < 4.78 is 30.4. The molecule has 0 unspecified atom stereocenters. The first-order valence-electron chi connectivity index (χ1n) is 8.32. The van der Waals surface area contributed by atoms with Gasteiger partial charge in [-0.2, -0.15) is 0 Å². The Morgan fingerprint density at radius 2 is 2.11 bits per heavy atom. The van der Waals surface area contributed by atoms with Crippen molar-refractivity contribution in [2.24, 2.45) is 5.14 Å². The fourth-order valence-electron chi connectivity index (χ4n) is 2.58. The average Bonchev–Trinajstić information content (AvgIpc) is 3.29. The summed E-state index contributed by atoms with van der Waals surface area (Å²) in [5.74, 6) is 0.960. The van der Waals surface area contributed by atoms with Gasteiger partial charge < -0.3 is 9.73 Å². The number of nitrogens with zero attached hydrogens (tertiary/aromatic N) is 3. The van der Waals surface area contributed by atoms with Crippen LogP contribution in [0.5, 0.6) is 0 Å². The van der Waals surface area contributed by atoms with E-state index in [4.69, 9.17) is 9.56 Å². The lowest BCUT2D eigenvalue weighted by Gasteiger charge is -2.09. The normalized spacial score (nSPS) is 11.5. The van der Waals surface area contributed by atoms with Crippen molar-refractivity contribution in [3.05, 3.63) is 42.2 Å². The standard InChI is InChI=1S/C17H19N5O4S2/c1-3-22-16(13-5-4-8-26-13)20-21-17(22)27-10-15(23)19-12-7-6-11(2)14(9-12)28(18,24)25/h4-9H,3,10H2,1-2H3,(H,19,23)(H2,18,24,25). The SMILES string of the molecule is CCn1c(SCC(=O)Nc2ccc(C)c(S(N)(=O)=O)c2)nnc1-c1ccco1. The van der Waals surface area contributed by atoms with Crippen molar-refractivity contribution >= 4 is 33.4 Å². The molecule has 0 saturated carbocycles. The van der Waals surface area contributed by atoms with E-state index in [2.05, 4.69) is 15.5 Å². The van der Waals surface area contributed by atoms with Crippen molar-refractivity contribution < 1.29 is 17.6 Å². The maximum absolute atomic E-state index is 12.3. The zero-order valence-corrected chi connectivity index (χ0v) is 16.9. The number of primary sulfonamides is 1. The van der Waals surface area contributed by atoms with Gasteiger partial charge in [-0.1, -0.05) is 17.8 Å². The smallest absolute Gasteiger partial charge is 0.238 e. The number of sulfonamides is 1. The van der Waals surface area contributed by atoms with Crippen LogP contribution in [-0.4, -0.2) is 34.8 Å². The van der Waals surface area contributed by atoms with Crippen LogP contribution in [0.4, 0.5) is 5.69 Å². The summed E-state index contributed by atoms with van der Waals surface area (Å²) >= 11 is 1.22. The molecular formula is C17H19N5O4S2. The van der Waals surface area contributed by atoms with Gasteiger partial charge in [0.2, 0.25) is 15.9 Å². The van der Waals surface area contributed by atoms with E-state index in [1.807, 2.05) is 11.5 Å². The zero-order valence-electron chi connectivity index (χ0n) is 15.2. The third kappa shape index (κ3) is 4.43. The minimum absolute atomic E-state index is 0.0215. The van der Waals surface area contributed by atoms with Crippen LogP contribution in [0.15, 0.2) is 51.1 Å². The Bertz CT molecular complexity index is 1090. The van der Waals surface area contributed by atoms with Gasteiger partial charge in [0.15, 0.2) is 16.7 Å². The molecular weight excluding hydrogens is 402 g/mol. The van der Waals surface area contributed by atoms with Crippen molar-refractivity contribution in [3.63, 3.8) is 0 Å². The highest BCUT2D eigenvalue weighted by Gasteiger charge is 2.17. The number of thioether (sulfide) groups is 1. The maximum Gasteiger partial charge on any atom is 0.238 e. The average molecular weight is 422 g/mol. The largest absolute Gasteiger partial charge is 0.461 e. The highest BCUT2D eigenvalue weighted by Crippen LogP contribution is 2.25. The number of furan rings is 1. The van der Waals surface area contributed by atoms with Crippen molar-refractivity contribution in [1.82, 2.24) is 14.8 Å². The predicted molar refractivity (Wildman–Crippen MR) is 105 cm³/mol. The molecule has 3 N–H and O–H groups in total. The number of carbonyl (C=O) groups is 1. The molecule has 0 radical (unpaired) electrons. The van der Waals surface area contributed by atoms with Gasteiger partial charge in [-0.3, -0.25) is 9.36 Å². The number of anilines is 1. The first kappa shape index (κ1) is 20.1. The second-order valence-electron chi connectivity index (χ2n) is 5.89. The molecule has 0 atom stereocenters. The fraction of sp³-hybridized carbons (Fsp3) is 0.235. The lowest BCUT2D eigenvalue weighted by molar-refractivity contribution is -0.113. The van der Waals surface area contributed by atoms with Gasteiger partial charge in [0, 0.05) is 12.2 Å². The molecule has 2 heterocycles. The Kier molecular flexibility index (Phi) is 5.87. The molecule has 0 aliphatic heterocycles. The summed E-state index contributed by atoms with van der Waals surface area (Å²) in [4.78, 5) is 12.3. The van der Waals surface area contributed by atoms with E-state index in [-0.39, 0.29) is 16.6 Å². The molecule has 0 spiro atoms. The number of nitrogens with one attached hydrogen (secondary N) is 1. The maximum atomic E-state index is 12.3. The molecule has 3 rings (SSSR count). The number of aromatic nitrogens is 3. The molecule has 0 saturated heterocycles. The van der Waals surface area contributed by atoms with Crippen LogP contribution in [0.1, 0.15) is 12.5 Å². The molecule has 0 bridgehead atoms. The van der Waals surface area contributed by atoms with Crippen LogP contribution < -0.4 is 10.5 Å². The van der Waals surface area contributed by atoms with Crippen LogP contribution in [0, 0.1) is 6.92 Å². The summed E-state index contributed by atoms with van der Waals surface area (Å²) in [6, 6.07) is 8.11. The molecule has 28 heavy (non-hydrogen) atoms. The second-order valence-corrected chi connectivity index (χ2v) is 8.36. The van der Waals surface area contributed by atoms with Gasteiger partial charge in [-0.15, -0.1) is 10.2 Å². The third-order valence-electron chi connectivity index (χ3n) is 3.89. The first-order chi connectivity index (χ1) is 13.3. The van der Waals surface area contributed by atoms with E-state index < -0.39 is 10.0 Å².